The molecule has 0 aromatic carbocycles. The van der Waals surface area contributed by atoms with Crippen molar-refractivity contribution in [1.29, 1.82) is 0 Å². The van der Waals surface area contributed by atoms with Crippen molar-refractivity contribution in [1.82, 2.24) is 10.3 Å². The van der Waals surface area contributed by atoms with Gasteiger partial charge in [0.15, 0.2) is 0 Å². The van der Waals surface area contributed by atoms with Crippen LogP contribution in [0.4, 0.5) is 0 Å². The number of aromatic nitrogens is 1. The van der Waals surface area contributed by atoms with Crippen LogP contribution in [0.5, 0.6) is 0 Å². The summed E-state index contributed by atoms with van der Waals surface area (Å²) in [6, 6.07) is 2.97. The molecule has 1 heterocycles. The van der Waals surface area contributed by atoms with E-state index in [1.54, 1.807) is 0 Å². The quantitative estimate of drug-likeness (QED) is 0.860. The second-order valence-electron chi connectivity index (χ2n) is 5.25. The summed E-state index contributed by atoms with van der Waals surface area (Å²) in [7, 11) is 0. The molecule has 2 rings (SSSR count). The fourth-order valence-corrected chi connectivity index (χ4v) is 2.89. The van der Waals surface area contributed by atoms with Gasteiger partial charge in [0.25, 0.3) is 0 Å². The second-order valence-corrected chi connectivity index (χ2v) is 5.25. The van der Waals surface area contributed by atoms with Crippen LogP contribution in [0.1, 0.15) is 56.1 Å². The van der Waals surface area contributed by atoms with Gasteiger partial charge < -0.3 is 5.32 Å². The third-order valence-corrected chi connectivity index (χ3v) is 3.75. The first-order valence-electron chi connectivity index (χ1n) is 6.96. The number of hydrogen-bond donors (Lipinski definition) is 1. The number of nitrogens with zero attached hydrogens (tertiary/aromatic N) is 1. The van der Waals surface area contributed by atoms with Gasteiger partial charge >= 0.3 is 0 Å². The standard InChI is InChI=1S/C15H24N2/c1-3-8-17-15-7-5-4-6-14(15)13-9-12(2)10-16-11-13/h9-11,14-15,17H,3-8H2,1-2H3. The van der Waals surface area contributed by atoms with E-state index in [2.05, 4.69) is 36.4 Å². The van der Waals surface area contributed by atoms with Crippen LogP contribution >= 0.6 is 0 Å². The summed E-state index contributed by atoms with van der Waals surface area (Å²) in [5.74, 6) is 0.669. The van der Waals surface area contributed by atoms with Crippen LogP contribution in [0.25, 0.3) is 0 Å². The minimum atomic E-state index is 0.660. The molecule has 0 amide bonds. The average molecular weight is 232 g/mol. The van der Waals surface area contributed by atoms with Crippen LogP contribution in [-0.2, 0) is 0 Å². The molecule has 17 heavy (non-hydrogen) atoms. The number of pyridine rings is 1. The zero-order valence-corrected chi connectivity index (χ0v) is 11.1. The van der Waals surface area contributed by atoms with Crippen molar-refractivity contribution in [3.63, 3.8) is 0 Å². The van der Waals surface area contributed by atoms with E-state index in [4.69, 9.17) is 0 Å². The average Bonchev–Trinajstić information content (AvgIpc) is 2.37. The molecule has 0 radical (unpaired) electrons. The first kappa shape index (κ1) is 12.6. The molecule has 94 valence electrons. The van der Waals surface area contributed by atoms with Gasteiger partial charge in [-0.15, -0.1) is 0 Å². The molecule has 0 aliphatic heterocycles. The summed E-state index contributed by atoms with van der Waals surface area (Å²) < 4.78 is 0. The van der Waals surface area contributed by atoms with E-state index >= 15 is 0 Å². The minimum absolute atomic E-state index is 0.660. The second kappa shape index (κ2) is 6.15. The third kappa shape index (κ3) is 3.29. The summed E-state index contributed by atoms with van der Waals surface area (Å²) >= 11 is 0. The Kier molecular flexibility index (Phi) is 4.55. The number of aryl methyl sites for hydroxylation is 1. The largest absolute Gasteiger partial charge is 0.313 e. The Balaban J connectivity index is 2.10. The van der Waals surface area contributed by atoms with Crippen LogP contribution in [0, 0.1) is 6.92 Å². The molecule has 0 bridgehead atoms. The molecule has 2 nitrogen and oxygen atoms in total. The fraction of sp³-hybridized carbons (Fsp3) is 0.667. The summed E-state index contributed by atoms with van der Waals surface area (Å²) in [5.41, 5.74) is 2.71. The first-order chi connectivity index (χ1) is 8.31. The Bertz CT molecular complexity index is 349. The lowest BCUT2D eigenvalue weighted by atomic mass is 9.80. The van der Waals surface area contributed by atoms with Crippen molar-refractivity contribution in [2.45, 2.75) is 57.9 Å². The number of nitrogens with one attached hydrogen (secondary N) is 1. The predicted molar refractivity (Wildman–Crippen MR) is 72.3 cm³/mol. The SMILES string of the molecule is CCCNC1CCCCC1c1cncc(C)c1. The third-order valence-electron chi connectivity index (χ3n) is 3.75. The highest BCUT2D eigenvalue weighted by atomic mass is 14.9. The maximum absolute atomic E-state index is 4.35. The number of rotatable bonds is 4. The molecule has 0 spiro atoms. The topological polar surface area (TPSA) is 24.9 Å². The molecule has 1 aromatic rings. The highest BCUT2D eigenvalue weighted by Gasteiger charge is 2.25. The van der Waals surface area contributed by atoms with Gasteiger partial charge in [-0.05, 0) is 43.9 Å². The Morgan fingerprint density at radius 1 is 1.29 bits per heavy atom. The summed E-state index contributed by atoms with van der Waals surface area (Å²) in [4.78, 5) is 4.35. The monoisotopic (exact) mass is 232 g/mol. The van der Waals surface area contributed by atoms with Crippen LogP contribution in [0.2, 0.25) is 0 Å². The van der Waals surface area contributed by atoms with Crippen LogP contribution in [0.3, 0.4) is 0 Å². The summed E-state index contributed by atoms with van der Waals surface area (Å²) in [5, 5.41) is 3.71. The lowest BCUT2D eigenvalue weighted by Gasteiger charge is -2.32. The molecule has 1 N–H and O–H groups in total. The van der Waals surface area contributed by atoms with Gasteiger partial charge in [-0.1, -0.05) is 25.8 Å². The van der Waals surface area contributed by atoms with E-state index < -0.39 is 0 Å². The lowest BCUT2D eigenvalue weighted by molar-refractivity contribution is 0.328. The highest BCUT2D eigenvalue weighted by molar-refractivity contribution is 5.22. The zero-order valence-electron chi connectivity index (χ0n) is 11.1. The molecule has 2 atom stereocenters. The van der Waals surface area contributed by atoms with Crippen molar-refractivity contribution in [3.8, 4) is 0 Å². The van der Waals surface area contributed by atoms with Gasteiger partial charge in [0.05, 0.1) is 0 Å². The Labute approximate surface area is 105 Å². The molecule has 1 aliphatic carbocycles. The number of hydrogen-bond acceptors (Lipinski definition) is 2. The first-order valence-corrected chi connectivity index (χ1v) is 6.96. The zero-order chi connectivity index (χ0) is 12.1. The molecular formula is C15H24N2. The smallest absolute Gasteiger partial charge is 0.0303 e. The molecule has 1 aliphatic rings. The van der Waals surface area contributed by atoms with E-state index in [9.17, 15) is 0 Å². The van der Waals surface area contributed by atoms with E-state index in [1.807, 2.05) is 6.20 Å². The van der Waals surface area contributed by atoms with Gasteiger partial charge in [-0.2, -0.15) is 0 Å². The summed E-state index contributed by atoms with van der Waals surface area (Å²) in [6.45, 7) is 5.51. The normalized spacial score (nSPS) is 24.8. The van der Waals surface area contributed by atoms with E-state index in [1.165, 1.54) is 43.2 Å². The van der Waals surface area contributed by atoms with Gasteiger partial charge in [-0.25, -0.2) is 0 Å². The van der Waals surface area contributed by atoms with Crippen molar-refractivity contribution in [2.75, 3.05) is 6.54 Å². The van der Waals surface area contributed by atoms with Crippen LogP contribution < -0.4 is 5.32 Å². The predicted octanol–water partition coefficient (Wildman–Crippen LogP) is 3.42. The molecular weight excluding hydrogens is 208 g/mol. The van der Waals surface area contributed by atoms with E-state index in [0.717, 1.165) is 6.54 Å². The Morgan fingerprint density at radius 3 is 2.88 bits per heavy atom. The van der Waals surface area contributed by atoms with E-state index in [-0.39, 0.29) is 0 Å². The lowest BCUT2D eigenvalue weighted by Crippen LogP contribution is -2.37. The van der Waals surface area contributed by atoms with Crippen molar-refractivity contribution in [3.05, 3.63) is 29.6 Å². The molecule has 1 aromatic heterocycles. The minimum Gasteiger partial charge on any atom is -0.313 e. The molecule has 0 saturated heterocycles. The molecule has 2 unspecified atom stereocenters. The molecule has 2 heteroatoms. The maximum atomic E-state index is 4.35. The van der Waals surface area contributed by atoms with Gasteiger partial charge in [0, 0.05) is 24.4 Å². The highest BCUT2D eigenvalue weighted by Crippen LogP contribution is 2.33. The van der Waals surface area contributed by atoms with Crippen LogP contribution in [-0.4, -0.2) is 17.6 Å². The van der Waals surface area contributed by atoms with Gasteiger partial charge in [-0.3, -0.25) is 4.98 Å². The van der Waals surface area contributed by atoms with Crippen molar-refractivity contribution in [2.24, 2.45) is 0 Å². The summed E-state index contributed by atoms with van der Waals surface area (Å²) in [6.07, 6.45) is 10.6. The van der Waals surface area contributed by atoms with Gasteiger partial charge in [0.2, 0.25) is 0 Å². The van der Waals surface area contributed by atoms with Crippen molar-refractivity contribution < 1.29 is 0 Å². The van der Waals surface area contributed by atoms with Crippen molar-refractivity contribution >= 4 is 0 Å². The Hall–Kier alpha value is -0.890. The molecule has 1 saturated carbocycles. The fourth-order valence-electron chi connectivity index (χ4n) is 2.89. The van der Waals surface area contributed by atoms with Crippen LogP contribution in [0.15, 0.2) is 18.5 Å². The molecule has 1 fully saturated rings. The van der Waals surface area contributed by atoms with Gasteiger partial charge in [0.1, 0.15) is 0 Å². The Morgan fingerprint density at radius 2 is 2.12 bits per heavy atom. The van der Waals surface area contributed by atoms with E-state index in [0.29, 0.717) is 12.0 Å². The maximum Gasteiger partial charge on any atom is 0.0303 e.